The summed E-state index contributed by atoms with van der Waals surface area (Å²) < 4.78 is 28.9. The van der Waals surface area contributed by atoms with Gasteiger partial charge in [-0.2, -0.15) is 8.78 Å². The molecule has 0 N–H and O–H groups in total. The van der Waals surface area contributed by atoms with E-state index in [1.807, 2.05) is 0 Å². The third-order valence-corrected chi connectivity index (χ3v) is 1.74. The second-order valence-corrected chi connectivity index (χ2v) is 2.77. The number of alkyl halides is 2. The van der Waals surface area contributed by atoms with Crippen LogP contribution in [0.25, 0.3) is 0 Å². The van der Waals surface area contributed by atoms with Crippen LogP contribution >= 0.6 is 0 Å². The number of carbonyl (C=O) groups is 1. The number of halogens is 2. The molecular weight excluding hydrogens is 168 g/mol. The van der Waals surface area contributed by atoms with Gasteiger partial charge in [0, 0.05) is 13.1 Å². The second-order valence-electron chi connectivity index (χ2n) is 2.77. The van der Waals surface area contributed by atoms with Gasteiger partial charge < -0.3 is 9.64 Å². The van der Waals surface area contributed by atoms with Crippen molar-refractivity contribution in [1.82, 2.24) is 4.90 Å². The molecule has 0 aromatic carbocycles. The third kappa shape index (κ3) is 2.14. The lowest BCUT2D eigenvalue weighted by molar-refractivity contribution is -0.149. The van der Waals surface area contributed by atoms with Gasteiger partial charge in [-0.25, -0.2) is 0 Å². The number of rotatable bonds is 1. The highest BCUT2D eigenvalue weighted by atomic mass is 19.3. The van der Waals surface area contributed by atoms with Crippen molar-refractivity contribution in [3.63, 3.8) is 0 Å². The molecule has 1 heterocycles. The summed E-state index contributed by atoms with van der Waals surface area (Å²) in [6.45, 7) is 2.64. The number of ether oxygens (including phenoxy) is 1. The van der Waals surface area contributed by atoms with Crippen molar-refractivity contribution in [2.75, 3.05) is 19.7 Å². The maximum atomic E-state index is 11.9. The van der Waals surface area contributed by atoms with E-state index in [0.29, 0.717) is 6.61 Å². The molecule has 1 rings (SSSR count). The molecule has 0 saturated carbocycles. The third-order valence-electron chi connectivity index (χ3n) is 1.74. The van der Waals surface area contributed by atoms with Crippen LogP contribution in [0.4, 0.5) is 8.78 Å². The summed E-state index contributed by atoms with van der Waals surface area (Å²) in [4.78, 5) is 11.9. The summed E-state index contributed by atoms with van der Waals surface area (Å²) in [5, 5.41) is 0. The summed E-state index contributed by atoms with van der Waals surface area (Å²) in [6.07, 6.45) is -3.03. The Bertz CT molecular complexity index is 175. The second kappa shape index (κ2) is 3.80. The molecule has 1 fully saturated rings. The molecule has 0 unspecified atom stereocenters. The molecule has 70 valence electrons. The van der Waals surface area contributed by atoms with Crippen LogP contribution in [0, 0.1) is 0 Å². The molecule has 1 saturated heterocycles. The fourth-order valence-corrected chi connectivity index (χ4v) is 1.16. The van der Waals surface area contributed by atoms with Gasteiger partial charge in [0.15, 0.2) is 0 Å². The highest BCUT2D eigenvalue weighted by Gasteiger charge is 2.27. The van der Waals surface area contributed by atoms with Gasteiger partial charge in [0.25, 0.3) is 5.91 Å². The van der Waals surface area contributed by atoms with Crippen LogP contribution in [0.1, 0.15) is 6.92 Å². The molecule has 1 atom stereocenters. The van der Waals surface area contributed by atoms with Gasteiger partial charge in [0.1, 0.15) is 0 Å². The number of hydrogen-bond acceptors (Lipinski definition) is 2. The summed E-state index contributed by atoms with van der Waals surface area (Å²) >= 11 is 0. The van der Waals surface area contributed by atoms with Gasteiger partial charge in [-0.15, -0.1) is 0 Å². The Hall–Kier alpha value is -0.710. The molecule has 12 heavy (non-hydrogen) atoms. The zero-order valence-electron chi connectivity index (χ0n) is 6.80. The predicted molar refractivity (Wildman–Crippen MR) is 38.0 cm³/mol. The Morgan fingerprint density at radius 1 is 1.67 bits per heavy atom. The van der Waals surface area contributed by atoms with Crippen LogP contribution in [0.5, 0.6) is 0 Å². The number of carbonyl (C=O) groups excluding carboxylic acids is 1. The topological polar surface area (TPSA) is 29.5 Å². The first-order chi connectivity index (χ1) is 5.61. The van der Waals surface area contributed by atoms with Gasteiger partial charge in [-0.3, -0.25) is 4.79 Å². The summed E-state index contributed by atoms with van der Waals surface area (Å²) in [7, 11) is 0. The minimum atomic E-state index is -2.89. The molecular formula is C7H11F2NO2. The molecule has 0 aromatic heterocycles. The van der Waals surface area contributed by atoms with Crippen LogP contribution in [0.3, 0.4) is 0 Å². The monoisotopic (exact) mass is 179 g/mol. The van der Waals surface area contributed by atoms with E-state index in [-0.39, 0.29) is 19.2 Å². The summed E-state index contributed by atoms with van der Waals surface area (Å²) in [5.74, 6) is -1.09. The van der Waals surface area contributed by atoms with Gasteiger partial charge in [-0.05, 0) is 6.92 Å². The van der Waals surface area contributed by atoms with Crippen LogP contribution in [-0.4, -0.2) is 43.0 Å². The number of nitrogens with zero attached hydrogens (tertiary/aromatic N) is 1. The van der Waals surface area contributed by atoms with Crippen molar-refractivity contribution in [2.24, 2.45) is 0 Å². The maximum absolute atomic E-state index is 11.9. The fraction of sp³-hybridized carbons (Fsp3) is 0.857. The SMILES string of the molecule is C[C@@H]1CN(C(=O)C(F)F)CCO1. The maximum Gasteiger partial charge on any atom is 0.315 e. The van der Waals surface area contributed by atoms with Crippen molar-refractivity contribution >= 4 is 5.91 Å². The number of hydrogen-bond donors (Lipinski definition) is 0. The molecule has 0 bridgehead atoms. The Morgan fingerprint density at radius 3 is 2.83 bits per heavy atom. The molecule has 0 radical (unpaired) electrons. The first-order valence-electron chi connectivity index (χ1n) is 3.80. The molecule has 5 heteroatoms. The number of morpholine rings is 1. The normalized spacial score (nSPS) is 24.7. The predicted octanol–water partition coefficient (Wildman–Crippen LogP) is 0.499. The standard InChI is InChI=1S/C7H11F2NO2/c1-5-4-10(2-3-12-5)7(11)6(8)9/h5-6H,2-4H2,1H3/t5-/m1/s1. The Balaban J connectivity index is 2.46. The van der Waals surface area contributed by atoms with Crippen LogP contribution in [0.15, 0.2) is 0 Å². The average Bonchev–Trinajstić information content (AvgIpc) is 2.03. The van der Waals surface area contributed by atoms with Gasteiger partial charge in [0.2, 0.25) is 0 Å². The molecule has 1 aliphatic heterocycles. The zero-order chi connectivity index (χ0) is 9.14. The number of amides is 1. The minimum Gasteiger partial charge on any atom is -0.375 e. The Kier molecular flexibility index (Phi) is 2.97. The van der Waals surface area contributed by atoms with Crippen LogP contribution in [-0.2, 0) is 9.53 Å². The van der Waals surface area contributed by atoms with E-state index in [4.69, 9.17) is 4.74 Å². The van der Waals surface area contributed by atoms with Crippen LogP contribution < -0.4 is 0 Å². The summed E-state index contributed by atoms with van der Waals surface area (Å²) in [6, 6.07) is 0. The highest BCUT2D eigenvalue weighted by molar-refractivity contribution is 5.79. The lowest BCUT2D eigenvalue weighted by atomic mass is 10.3. The van der Waals surface area contributed by atoms with Gasteiger partial charge >= 0.3 is 6.43 Å². The van der Waals surface area contributed by atoms with E-state index < -0.39 is 12.3 Å². The van der Waals surface area contributed by atoms with Crippen molar-refractivity contribution in [1.29, 1.82) is 0 Å². The first kappa shape index (κ1) is 9.38. The zero-order valence-corrected chi connectivity index (χ0v) is 6.80. The van der Waals surface area contributed by atoms with E-state index in [2.05, 4.69) is 0 Å². The lowest BCUT2D eigenvalue weighted by Gasteiger charge is -2.30. The molecule has 0 aliphatic carbocycles. The molecule has 0 aromatic rings. The largest absolute Gasteiger partial charge is 0.375 e. The molecule has 1 amide bonds. The average molecular weight is 179 g/mol. The first-order valence-corrected chi connectivity index (χ1v) is 3.80. The minimum absolute atomic E-state index is 0.138. The van der Waals surface area contributed by atoms with E-state index >= 15 is 0 Å². The van der Waals surface area contributed by atoms with Gasteiger partial charge in [-0.1, -0.05) is 0 Å². The van der Waals surface area contributed by atoms with Crippen molar-refractivity contribution < 1.29 is 18.3 Å². The molecule has 1 aliphatic rings. The fourth-order valence-electron chi connectivity index (χ4n) is 1.16. The lowest BCUT2D eigenvalue weighted by Crippen LogP contribution is -2.46. The Labute approximate surface area is 69.3 Å². The molecule has 0 spiro atoms. The van der Waals surface area contributed by atoms with E-state index in [1.165, 1.54) is 0 Å². The van der Waals surface area contributed by atoms with E-state index in [0.717, 1.165) is 4.90 Å². The Morgan fingerprint density at radius 2 is 2.33 bits per heavy atom. The van der Waals surface area contributed by atoms with Crippen molar-refractivity contribution in [3.05, 3.63) is 0 Å². The van der Waals surface area contributed by atoms with E-state index in [9.17, 15) is 13.6 Å². The van der Waals surface area contributed by atoms with Gasteiger partial charge in [0.05, 0.1) is 12.7 Å². The van der Waals surface area contributed by atoms with E-state index in [1.54, 1.807) is 6.92 Å². The quantitative estimate of drug-likeness (QED) is 0.586. The smallest absolute Gasteiger partial charge is 0.315 e. The highest BCUT2D eigenvalue weighted by Crippen LogP contribution is 2.08. The summed E-state index contributed by atoms with van der Waals surface area (Å²) in [5.41, 5.74) is 0. The van der Waals surface area contributed by atoms with Crippen molar-refractivity contribution in [2.45, 2.75) is 19.5 Å². The van der Waals surface area contributed by atoms with Crippen molar-refractivity contribution in [3.8, 4) is 0 Å². The van der Waals surface area contributed by atoms with Crippen LogP contribution in [0.2, 0.25) is 0 Å². The molecule has 3 nitrogen and oxygen atoms in total.